The smallest absolute Gasteiger partial charge is 0.220 e. The van der Waals surface area contributed by atoms with Gasteiger partial charge in [0, 0.05) is 37.8 Å². The summed E-state index contributed by atoms with van der Waals surface area (Å²) in [6.45, 7) is 2.86. The van der Waals surface area contributed by atoms with Crippen LogP contribution in [-0.2, 0) is 11.8 Å². The zero-order chi connectivity index (χ0) is 12.6. The van der Waals surface area contributed by atoms with Gasteiger partial charge < -0.3 is 15.2 Å². The van der Waals surface area contributed by atoms with E-state index in [0.29, 0.717) is 12.3 Å². The summed E-state index contributed by atoms with van der Waals surface area (Å²) in [5.74, 6) is 0.680. The summed E-state index contributed by atoms with van der Waals surface area (Å²) in [6.07, 6.45) is 5.00. The number of rotatable bonds is 1. The Bertz CT molecular complexity index is 446. The Hall–Kier alpha value is -1.29. The van der Waals surface area contributed by atoms with E-state index in [4.69, 9.17) is 0 Å². The van der Waals surface area contributed by atoms with Gasteiger partial charge in [-0.25, -0.2) is 0 Å². The minimum absolute atomic E-state index is 0.166. The molecule has 2 saturated heterocycles. The lowest BCUT2D eigenvalue weighted by Crippen LogP contribution is -2.51. The summed E-state index contributed by atoms with van der Waals surface area (Å²) in [5, 5.41) is 6.46. The van der Waals surface area contributed by atoms with Crippen LogP contribution in [0, 0.1) is 5.41 Å². The van der Waals surface area contributed by atoms with Gasteiger partial charge in [-0.15, -0.1) is 0 Å². The van der Waals surface area contributed by atoms with Crippen LogP contribution in [0.25, 0.3) is 0 Å². The summed E-state index contributed by atoms with van der Waals surface area (Å²) in [7, 11) is 2.10. The van der Waals surface area contributed by atoms with Crippen LogP contribution in [0.5, 0.6) is 0 Å². The molecule has 2 N–H and O–H groups in total. The Morgan fingerprint density at radius 2 is 2.17 bits per heavy atom. The standard InChI is InChI=1S/C14H21N3O/c1-17-8-2-3-12(17)11-10-16-13(18)9-14(11)4-6-15-7-5-14/h2-3,8,11,15H,4-7,9-10H2,1H3,(H,16,18). The second-order valence-corrected chi connectivity index (χ2v) is 5.69. The molecular formula is C14H21N3O. The fourth-order valence-electron chi connectivity index (χ4n) is 3.64. The molecule has 2 aliphatic heterocycles. The van der Waals surface area contributed by atoms with E-state index in [-0.39, 0.29) is 11.3 Å². The van der Waals surface area contributed by atoms with Gasteiger partial charge in [-0.1, -0.05) is 0 Å². The molecule has 3 heterocycles. The highest BCUT2D eigenvalue weighted by Crippen LogP contribution is 2.47. The van der Waals surface area contributed by atoms with Crippen molar-refractivity contribution < 1.29 is 4.79 Å². The predicted octanol–water partition coefficient (Wildman–Crippen LogP) is 0.998. The predicted molar refractivity (Wildman–Crippen MR) is 70.3 cm³/mol. The molecule has 98 valence electrons. The van der Waals surface area contributed by atoms with E-state index in [2.05, 4.69) is 40.6 Å². The van der Waals surface area contributed by atoms with E-state index in [9.17, 15) is 4.79 Å². The highest BCUT2D eigenvalue weighted by molar-refractivity contribution is 5.78. The summed E-state index contributed by atoms with van der Waals surface area (Å²) >= 11 is 0. The van der Waals surface area contributed by atoms with Crippen LogP contribution in [0.15, 0.2) is 18.3 Å². The summed E-state index contributed by atoms with van der Waals surface area (Å²) in [4.78, 5) is 11.8. The van der Waals surface area contributed by atoms with Crippen molar-refractivity contribution in [3.8, 4) is 0 Å². The van der Waals surface area contributed by atoms with E-state index < -0.39 is 0 Å². The van der Waals surface area contributed by atoms with Crippen LogP contribution in [0.3, 0.4) is 0 Å². The Morgan fingerprint density at radius 3 is 2.83 bits per heavy atom. The van der Waals surface area contributed by atoms with Gasteiger partial charge in [0.25, 0.3) is 0 Å². The number of aryl methyl sites for hydroxylation is 1. The number of hydrogen-bond acceptors (Lipinski definition) is 2. The first-order valence-corrected chi connectivity index (χ1v) is 6.80. The van der Waals surface area contributed by atoms with Crippen molar-refractivity contribution in [2.45, 2.75) is 25.2 Å². The Kier molecular flexibility index (Phi) is 2.90. The fraction of sp³-hybridized carbons (Fsp3) is 0.643. The molecule has 1 aromatic rings. The van der Waals surface area contributed by atoms with Gasteiger partial charge in [-0.3, -0.25) is 4.79 Å². The zero-order valence-electron chi connectivity index (χ0n) is 10.9. The normalized spacial score (nSPS) is 27.2. The van der Waals surface area contributed by atoms with Crippen molar-refractivity contribution in [1.82, 2.24) is 15.2 Å². The first kappa shape index (κ1) is 11.8. The van der Waals surface area contributed by atoms with Gasteiger partial charge >= 0.3 is 0 Å². The average Bonchev–Trinajstić information content (AvgIpc) is 2.76. The van der Waals surface area contributed by atoms with E-state index in [0.717, 1.165) is 32.5 Å². The largest absolute Gasteiger partial charge is 0.355 e. The second kappa shape index (κ2) is 4.43. The van der Waals surface area contributed by atoms with Crippen molar-refractivity contribution in [3.05, 3.63) is 24.0 Å². The second-order valence-electron chi connectivity index (χ2n) is 5.69. The first-order chi connectivity index (χ1) is 8.71. The van der Waals surface area contributed by atoms with Crippen molar-refractivity contribution >= 4 is 5.91 Å². The number of carbonyl (C=O) groups is 1. The molecule has 3 rings (SSSR count). The third-order valence-corrected chi connectivity index (χ3v) is 4.70. The Balaban J connectivity index is 1.95. The number of nitrogens with one attached hydrogen (secondary N) is 2. The van der Waals surface area contributed by atoms with Gasteiger partial charge in [0.2, 0.25) is 5.91 Å². The number of aromatic nitrogens is 1. The minimum atomic E-state index is 0.166. The maximum absolute atomic E-state index is 11.8. The molecule has 0 aliphatic carbocycles. The SMILES string of the molecule is Cn1cccc1C1CNC(=O)CC12CCNCC2. The molecule has 1 spiro atoms. The Labute approximate surface area is 108 Å². The molecule has 1 aromatic heterocycles. The molecule has 4 nitrogen and oxygen atoms in total. The fourth-order valence-corrected chi connectivity index (χ4v) is 3.64. The molecule has 1 amide bonds. The molecule has 1 atom stereocenters. The summed E-state index contributed by atoms with van der Waals surface area (Å²) < 4.78 is 2.20. The lowest BCUT2D eigenvalue weighted by molar-refractivity contribution is -0.127. The van der Waals surface area contributed by atoms with Crippen LogP contribution in [-0.4, -0.2) is 30.1 Å². The minimum Gasteiger partial charge on any atom is -0.355 e. The van der Waals surface area contributed by atoms with Crippen molar-refractivity contribution in [2.75, 3.05) is 19.6 Å². The van der Waals surface area contributed by atoms with Gasteiger partial charge in [-0.05, 0) is 43.5 Å². The number of nitrogens with zero attached hydrogens (tertiary/aromatic N) is 1. The van der Waals surface area contributed by atoms with Crippen LogP contribution in [0.4, 0.5) is 0 Å². The van der Waals surface area contributed by atoms with Gasteiger partial charge in [-0.2, -0.15) is 0 Å². The third kappa shape index (κ3) is 1.85. The lowest BCUT2D eigenvalue weighted by atomic mass is 9.64. The van der Waals surface area contributed by atoms with Crippen molar-refractivity contribution in [3.63, 3.8) is 0 Å². The number of piperidine rings is 2. The monoisotopic (exact) mass is 247 g/mol. The summed E-state index contributed by atoms with van der Waals surface area (Å²) in [6, 6.07) is 4.30. The van der Waals surface area contributed by atoms with Gasteiger partial charge in [0.1, 0.15) is 0 Å². The van der Waals surface area contributed by atoms with E-state index in [1.807, 2.05) is 0 Å². The molecule has 0 radical (unpaired) electrons. The van der Waals surface area contributed by atoms with E-state index >= 15 is 0 Å². The maximum Gasteiger partial charge on any atom is 0.220 e. The molecule has 1 unspecified atom stereocenters. The van der Waals surface area contributed by atoms with Crippen LogP contribution in [0.1, 0.15) is 30.9 Å². The maximum atomic E-state index is 11.8. The Morgan fingerprint density at radius 1 is 1.39 bits per heavy atom. The van der Waals surface area contributed by atoms with E-state index in [1.54, 1.807) is 0 Å². The highest BCUT2D eigenvalue weighted by Gasteiger charge is 2.45. The third-order valence-electron chi connectivity index (χ3n) is 4.70. The molecule has 4 heteroatoms. The molecule has 2 aliphatic rings. The zero-order valence-corrected chi connectivity index (χ0v) is 10.9. The highest BCUT2D eigenvalue weighted by atomic mass is 16.1. The first-order valence-electron chi connectivity index (χ1n) is 6.80. The lowest BCUT2D eigenvalue weighted by Gasteiger charge is -2.46. The molecule has 0 bridgehead atoms. The molecule has 0 aromatic carbocycles. The number of carbonyl (C=O) groups excluding carboxylic acids is 1. The van der Waals surface area contributed by atoms with Crippen molar-refractivity contribution in [1.29, 1.82) is 0 Å². The van der Waals surface area contributed by atoms with Crippen LogP contribution in [0.2, 0.25) is 0 Å². The van der Waals surface area contributed by atoms with Crippen molar-refractivity contribution in [2.24, 2.45) is 12.5 Å². The molecule has 18 heavy (non-hydrogen) atoms. The quantitative estimate of drug-likeness (QED) is 0.777. The van der Waals surface area contributed by atoms with Crippen LogP contribution < -0.4 is 10.6 Å². The number of hydrogen-bond donors (Lipinski definition) is 2. The van der Waals surface area contributed by atoms with Gasteiger partial charge in [0.05, 0.1) is 0 Å². The van der Waals surface area contributed by atoms with Crippen LogP contribution >= 0.6 is 0 Å². The average molecular weight is 247 g/mol. The molecule has 2 fully saturated rings. The number of amides is 1. The molecular weight excluding hydrogens is 226 g/mol. The summed E-state index contributed by atoms with van der Waals surface area (Å²) in [5.41, 5.74) is 1.52. The molecule has 0 saturated carbocycles. The van der Waals surface area contributed by atoms with Gasteiger partial charge in [0.15, 0.2) is 0 Å². The topological polar surface area (TPSA) is 46.1 Å². The van der Waals surface area contributed by atoms with E-state index in [1.165, 1.54) is 5.69 Å².